The highest BCUT2D eigenvalue weighted by atomic mass is 32.1. The molecule has 6 heteroatoms. The van der Waals surface area contributed by atoms with Crippen LogP contribution >= 0.6 is 11.3 Å². The second kappa shape index (κ2) is 7.98. The van der Waals surface area contributed by atoms with Crippen LogP contribution in [0.25, 0.3) is 5.57 Å². The fourth-order valence-electron chi connectivity index (χ4n) is 2.29. The van der Waals surface area contributed by atoms with Crippen molar-refractivity contribution in [1.82, 2.24) is 4.90 Å². The molecule has 0 saturated heterocycles. The summed E-state index contributed by atoms with van der Waals surface area (Å²) >= 11 is 1.38. The lowest BCUT2D eigenvalue weighted by molar-refractivity contribution is 0.0605. The molecule has 120 valence electrons. The molecule has 1 aliphatic rings. The number of nitrogens with zero attached hydrogens (tertiary/aromatic N) is 1. The second-order valence-corrected chi connectivity index (χ2v) is 5.96. The molecule has 1 aromatic heterocycles. The molecule has 1 aliphatic heterocycles. The minimum Gasteiger partial charge on any atom is -0.465 e. The summed E-state index contributed by atoms with van der Waals surface area (Å²) in [4.78, 5) is 25.9. The van der Waals surface area contributed by atoms with E-state index < -0.39 is 0 Å². The van der Waals surface area contributed by atoms with E-state index in [1.165, 1.54) is 18.4 Å². The van der Waals surface area contributed by atoms with Crippen LogP contribution in [0.5, 0.6) is 0 Å². The zero-order valence-corrected chi connectivity index (χ0v) is 13.8. The average Bonchev–Trinajstić information content (AvgIpc) is 3.04. The third-order valence-corrected chi connectivity index (χ3v) is 4.47. The van der Waals surface area contributed by atoms with Crippen LogP contribution in [0.1, 0.15) is 41.4 Å². The van der Waals surface area contributed by atoms with Gasteiger partial charge in [0.05, 0.1) is 13.7 Å². The monoisotopic (exact) mass is 323 g/mol. The number of carbonyl (C=O) groups is 2. The molecule has 0 N–H and O–H groups in total. The molecular formula is C16H21NO4S. The summed E-state index contributed by atoms with van der Waals surface area (Å²) in [6, 6.07) is 1.93. The predicted molar refractivity (Wildman–Crippen MR) is 86.1 cm³/mol. The maximum absolute atomic E-state index is 11.9. The summed E-state index contributed by atoms with van der Waals surface area (Å²) in [7, 11) is 1.38. The van der Waals surface area contributed by atoms with Gasteiger partial charge in [-0.1, -0.05) is 19.4 Å². The molecule has 0 aliphatic carbocycles. The maximum Gasteiger partial charge on any atom is 0.410 e. The zero-order chi connectivity index (χ0) is 15.9. The van der Waals surface area contributed by atoms with E-state index in [1.54, 1.807) is 4.90 Å². The van der Waals surface area contributed by atoms with E-state index >= 15 is 0 Å². The highest BCUT2D eigenvalue weighted by molar-refractivity contribution is 7.12. The number of rotatable bonds is 5. The number of ether oxygens (including phenoxy) is 2. The quantitative estimate of drug-likeness (QED) is 0.614. The van der Waals surface area contributed by atoms with E-state index in [-0.39, 0.29) is 12.1 Å². The van der Waals surface area contributed by atoms with Gasteiger partial charge in [0.15, 0.2) is 0 Å². The second-order valence-electron chi connectivity index (χ2n) is 5.05. The zero-order valence-electron chi connectivity index (χ0n) is 13.0. The minimum absolute atomic E-state index is 0.262. The summed E-state index contributed by atoms with van der Waals surface area (Å²) in [6.07, 6.45) is 4.33. The van der Waals surface area contributed by atoms with Gasteiger partial charge in [-0.2, -0.15) is 0 Å². The van der Waals surface area contributed by atoms with E-state index in [1.807, 2.05) is 17.5 Å². The number of hydrogen-bond donors (Lipinski definition) is 0. The predicted octanol–water partition coefficient (Wildman–Crippen LogP) is 3.56. The van der Waals surface area contributed by atoms with Gasteiger partial charge in [0.25, 0.3) is 0 Å². The first-order valence-electron chi connectivity index (χ1n) is 7.44. The Morgan fingerprint density at radius 2 is 2.23 bits per heavy atom. The molecule has 0 atom stereocenters. The Hall–Kier alpha value is -1.82. The van der Waals surface area contributed by atoms with Crippen LogP contribution in [0.4, 0.5) is 4.79 Å². The van der Waals surface area contributed by atoms with Crippen molar-refractivity contribution in [2.24, 2.45) is 0 Å². The smallest absolute Gasteiger partial charge is 0.410 e. The van der Waals surface area contributed by atoms with Crippen LogP contribution in [0.3, 0.4) is 0 Å². The average molecular weight is 323 g/mol. The first-order valence-corrected chi connectivity index (χ1v) is 8.32. The maximum atomic E-state index is 11.9. The van der Waals surface area contributed by atoms with Crippen LogP contribution in [0, 0.1) is 0 Å². The van der Waals surface area contributed by atoms with Gasteiger partial charge in [-0.15, -0.1) is 11.3 Å². The molecule has 0 fully saturated rings. The molecule has 0 bridgehead atoms. The van der Waals surface area contributed by atoms with Crippen molar-refractivity contribution in [2.75, 3.05) is 26.8 Å². The van der Waals surface area contributed by atoms with E-state index in [4.69, 9.17) is 9.47 Å². The first kappa shape index (κ1) is 16.5. The Labute approximate surface area is 134 Å². The Kier molecular flexibility index (Phi) is 6.00. The van der Waals surface area contributed by atoms with Crippen molar-refractivity contribution < 1.29 is 19.1 Å². The number of unbranched alkanes of at least 4 members (excludes halogenated alkanes) is 1. The molecule has 22 heavy (non-hydrogen) atoms. The molecule has 0 radical (unpaired) electrons. The summed E-state index contributed by atoms with van der Waals surface area (Å²) < 4.78 is 10.0. The molecule has 1 aromatic rings. The fraction of sp³-hybridized carbons (Fsp3) is 0.500. The molecule has 0 saturated carbocycles. The molecule has 0 aromatic carbocycles. The lowest BCUT2D eigenvalue weighted by atomic mass is 10.0. The number of amides is 1. The van der Waals surface area contributed by atoms with Gasteiger partial charge in [0, 0.05) is 18.7 Å². The molecule has 5 nitrogen and oxygen atoms in total. The van der Waals surface area contributed by atoms with Gasteiger partial charge in [0.1, 0.15) is 4.88 Å². The largest absolute Gasteiger partial charge is 0.465 e. The Morgan fingerprint density at radius 1 is 1.41 bits per heavy atom. The number of carbonyl (C=O) groups excluding carboxylic acids is 2. The number of hydrogen-bond acceptors (Lipinski definition) is 5. The van der Waals surface area contributed by atoms with Crippen LogP contribution in [0.2, 0.25) is 0 Å². The SMILES string of the molecule is CCCCOC(=O)N1CC=C(c2ccsc2C(=O)OC)CC1. The number of methoxy groups -OCH3 is 1. The van der Waals surface area contributed by atoms with Crippen molar-refractivity contribution in [1.29, 1.82) is 0 Å². The van der Waals surface area contributed by atoms with Crippen molar-refractivity contribution >= 4 is 29.0 Å². The summed E-state index contributed by atoms with van der Waals surface area (Å²) in [5, 5.41) is 1.88. The summed E-state index contributed by atoms with van der Waals surface area (Å²) in [5.41, 5.74) is 2.00. The molecule has 1 amide bonds. The van der Waals surface area contributed by atoms with E-state index in [2.05, 4.69) is 6.92 Å². The van der Waals surface area contributed by atoms with Gasteiger partial charge >= 0.3 is 12.1 Å². The van der Waals surface area contributed by atoms with Gasteiger partial charge in [0.2, 0.25) is 0 Å². The van der Waals surface area contributed by atoms with Gasteiger partial charge in [-0.05, 0) is 29.9 Å². The third-order valence-electron chi connectivity index (χ3n) is 3.57. The van der Waals surface area contributed by atoms with Crippen molar-refractivity contribution in [3.63, 3.8) is 0 Å². The number of thiophene rings is 1. The van der Waals surface area contributed by atoms with E-state index in [0.29, 0.717) is 31.0 Å². The van der Waals surface area contributed by atoms with Gasteiger partial charge < -0.3 is 14.4 Å². The Morgan fingerprint density at radius 3 is 2.86 bits per heavy atom. The Balaban J connectivity index is 1.98. The van der Waals surface area contributed by atoms with Crippen LogP contribution in [0.15, 0.2) is 17.5 Å². The lowest BCUT2D eigenvalue weighted by Crippen LogP contribution is -2.35. The normalized spacial score (nSPS) is 14.5. The van der Waals surface area contributed by atoms with Crippen LogP contribution < -0.4 is 0 Å². The van der Waals surface area contributed by atoms with Crippen molar-refractivity contribution in [3.05, 3.63) is 28.0 Å². The molecule has 2 heterocycles. The minimum atomic E-state index is -0.313. The molecule has 0 spiro atoms. The molecular weight excluding hydrogens is 302 g/mol. The topological polar surface area (TPSA) is 55.8 Å². The van der Waals surface area contributed by atoms with Gasteiger partial charge in [-0.25, -0.2) is 9.59 Å². The Bertz CT molecular complexity index is 564. The van der Waals surface area contributed by atoms with Crippen molar-refractivity contribution in [2.45, 2.75) is 26.2 Å². The number of esters is 1. The lowest BCUT2D eigenvalue weighted by Gasteiger charge is -2.26. The van der Waals surface area contributed by atoms with E-state index in [9.17, 15) is 9.59 Å². The highest BCUT2D eigenvalue weighted by Crippen LogP contribution is 2.29. The summed E-state index contributed by atoms with van der Waals surface area (Å²) in [6.45, 7) is 3.65. The highest BCUT2D eigenvalue weighted by Gasteiger charge is 2.22. The third kappa shape index (κ3) is 3.88. The van der Waals surface area contributed by atoms with E-state index in [0.717, 1.165) is 24.0 Å². The summed E-state index contributed by atoms with van der Waals surface area (Å²) in [5.74, 6) is -0.313. The first-order chi connectivity index (χ1) is 10.7. The van der Waals surface area contributed by atoms with Crippen molar-refractivity contribution in [3.8, 4) is 0 Å². The van der Waals surface area contributed by atoms with Crippen LogP contribution in [-0.4, -0.2) is 43.8 Å². The van der Waals surface area contributed by atoms with Crippen LogP contribution in [-0.2, 0) is 9.47 Å². The van der Waals surface area contributed by atoms with Gasteiger partial charge in [-0.3, -0.25) is 0 Å². The molecule has 2 rings (SSSR count). The molecule has 0 unspecified atom stereocenters. The fourth-order valence-corrected chi connectivity index (χ4v) is 3.13. The standard InChI is InChI=1S/C16H21NO4S/c1-3-4-10-21-16(19)17-8-5-12(6-9-17)13-7-11-22-14(13)15(18)20-2/h5,7,11H,3-4,6,8-10H2,1-2H3.